The minimum Gasteiger partial charge on any atom is -0.457 e. The van der Waals surface area contributed by atoms with Crippen LogP contribution >= 0.6 is 0 Å². The van der Waals surface area contributed by atoms with Gasteiger partial charge in [0.1, 0.15) is 11.5 Å². The zero-order valence-corrected chi connectivity index (χ0v) is 11.4. The predicted octanol–water partition coefficient (Wildman–Crippen LogP) is 1.93. The lowest BCUT2D eigenvalue weighted by Crippen LogP contribution is -2.28. The first-order valence-electron chi connectivity index (χ1n) is 6.43. The molecule has 2 aromatic carbocycles. The third-order valence-electron chi connectivity index (χ3n) is 2.77. The van der Waals surface area contributed by atoms with Gasteiger partial charge in [-0.15, -0.1) is 0 Å². The topological polar surface area (TPSA) is 88.1 Å². The van der Waals surface area contributed by atoms with Gasteiger partial charge in [-0.25, -0.2) is 0 Å². The van der Waals surface area contributed by atoms with Gasteiger partial charge in [0.2, 0.25) is 5.91 Å². The number of nitrogens with zero attached hydrogens (tertiary/aromatic N) is 1. The molecule has 1 amide bonds. The van der Waals surface area contributed by atoms with Gasteiger partial charge >= 0.3 is 0 Å². The summed E-state index contributed by atoms with van der Waals surface area (Å²) in [4.78, 5) is 10.6. The maximum Gasteiger partial charge on any atom is 0.231 e. The van der Waals surface area contributed by atoms with E-state index in [1.807, 2.05) is 24.3 Å². The van der Waals surface area contributed by atoms with Gasteiger partial charge in [-0.1, -0.05) is 12.1 Å². The van der Waals surface area contributed by atoms with Crippen LogP contribution in [0.25, 0.3) is 0 Å². The number of primary amides is 1. The number of hydrogen-bond donors (Lipinski definition) is 2. The molecule has 0 aromatic heterocycles. The molecular weight excluding hydrogens is 266 g/mol. The molecule has 0 spiro atoms. The second kappa shape index (κ2) is 7.08. The molecule has 0 aliphatic heterocycles. The highest BCUT2D eigenvalue weighted by Gasteiger charge is 1.99. The number of nitrogens with one attached hydrogen (secondary N) is 1. The maximum absolute atomic E-state index is 10.6. The average Bonchev–Trinajstić information content (AvgIpc) is 2.49. The van der Waals surface area contributed by atoms with Crippen molar-refractivity contribution in [2.45, 2.75) is 6.54 Å². The van der Waals surface area contributed by atoms with E-state index >= 15 is 0 Å². The Morgan fingerprint density at radius 1 is 1.10 bits per heavy atom. The highest BCUT2D eigenvalue weighted by Crippen LogP contribution is 2.21. The Morgan fingerprint density at radius 3 is 2.19 bits per heavy atom. The lowest BCUT2D eigenvalue weighted by molar-refractivity contribution is -0.117. The summed E-state index contributed by atoms with van der Waals surface area (Å²) in [6.07, 6.45) is 0. The summed E-state index contributed by atoms with van der Waals surface area (Å²) in [5.74, 6) is 1.00. The molecule has 0 aliphatic rings. The van der Waals surface area contributed by atoms with Gasteiger partial charge in [-0.3, -0.25) is 4.79 Å². The van der Waals surface area contributed by atoms with Crippen molar-refractivity contribution in [2.75, 3.05) is 6.54 Å². The third kappa shape index (κ3) is 4.64. The molecule has 21 heavy (non-hydrogen) atoms. The van der Waals surface area contributed by atoms with E-state index in [0.717, 1.165) is 5.56 Å². The Bertz CT molecular complexity index is 643. The van der Waals surface area contributed by atoms with Gasteiger partial charge in [0, 0.05) is 6.54 Å². The maximum atomic E-state index is 10.6. The number of benzene rings is 2. The van der Waals surface area contributed by atoms with Gasteiger partial charge in [-0.05, 0) is 42.0 Å². The Labute approximate surface area is 123 Å². The average molecular weight is 281 g/mol. The highest BCUT2D eigenvalue weighted by atomic mass is 16.5. The Kier molecular flexibility index (Phi) is 4.91. The molecule has 106 valence electrons. The van der Waals surface area contributed by atoms with Crippen molar-refractivity contribution >= 4 is 5.91 Å². The van der Waals surface area contributed by atoms with E-state index in [-0.39, 0.29) is 12.5 Å². The number of hydrogen-bond acceptors (Lipinski definition) is 4. The molecule has 0 bridgehead atoms. The molecule has 0 saturated carbocycles. The van der Waals surface area contributed by atoms with E-state index in [4.69, 9.17) is 15.7 Å². The molecule has 0 aliphatic carbocycles. The smallest absolute Gasteiger partial charge is 0.231 e. The summed E-state index contributed by atoms with van der Waals surface area (Å²) in [6.45, 7) is 0.726. The monoisotopic (exact) mass is 281 g/mol. The van der Waals surface area contributed by atoms with Crippen molar-refractivity contribution in [2.24, 2.45) is 5.73 Å². The summed E-state index contributed by atoms with van der Waals surface area (Å²) in [7, 11) is 0. The van der Waals surface area contributed by atoms with Gasteiger partial charge in [0.05, 0.1) is 18.2 Å². The van der Waals surface area contributed by atoms with Gasteiger partial charge in [0.25, 0.3) is 0 Å². The van der Waals surface area contributed by atoms with Gasteiger partial charge < -0.3 is 15.8 Å². The van der Waals surface area contributed by atoms with Crippen molar-refractivity contribution < 1.29 is 9.53 Å². The van der Waals surface area contributed by atoms with Crippen LogP contribution in [0.4, 0.5) is 0 Å². The molecule has 3 N–H and O–H groups in total. The predicted molar refractivity (Wildman–Crippen MR) is 78.6 cm³/mol. The third-order valence-corrected chi connectivity index (χ3v) is 2.77. The van der Waals surface area contributed by atoms with Crippen molar-refractivity contribution in [1.82, 2.24) is 5.32 Å². The van der Waals surface area contributed by atoms with E-state index < -0.39 is 0 Å². The number of nitriles is 1. The molecular formula is C16H15N3O2. The summed E-state index contributed by atoms with van der Waals surface area (Å²) in [5.41, 5.74) is 6.67. The molecule has 0 radical (unpaired) electrons. The van der Waals surface area contributed by atoms with Crippen LogP contribution in [0.5, 0.6) is 11.5 Å². The van der Waals surface area contributed by atoms with Crippen LogP contribution in [-0.4, -0.2) is 12.5 Å². The molecule has 0 fully saturated rings. The first-order valence-corrected chi connectivity index (χ1v) is 6.43. The van der Waals surface area contributed by atoms with Crippen LogP contribution < -0.4 is 15.8 Å². The van der Waals surface area contributed by atoms with Crippen LogP contribution in [-0.2, 0) is 11.3 Å². The zero-order valence-electron chi connectivity index (χ0n) is 11.4. The SMILES string of the molecule is N#Cc1ccc(Oc2ccc(CNCC(N)=O)cc2)cc1. The molecule has 0 saturated heterocycles. The van der Waals surface area contributed by atoms with Crippen molar-refractivity contribution in [3.8, 4) is 17.6 Å². The number of carbonyl (C=O) groups excluding carboxylic acids is 1. The van der Waals surface area contributed by atoms with Crippen LogP contribution in [0.1, 0.15) is 11.1 Å². The zero-order chi connectivity index (χ0) is 15.1. The number of nitrogens with two attached hydrogens (primary N) is 1. The number of ether oxygens (including phenoxy) is 1. The fourth-order valence-corrected chi connectivity index (χ4v) is 1.74. The summed E-state index contributed by atoms with van der Waals surface area (Å²) in [6, 6.07) is 16.5. The van der Waals surface area contributed by atoms with Crippen LogP contribution in [0.2, 0.25) is 0 Å². The molecule has 0 unspecified atom stereocenters. The fourth-order valence-electron chi connectivity index (χ4n) is 1.74. The van der Waals surface area contributed by atoms with E-state index in [1.165, 1.54) is 0 Å². The second-order valence-corrected chi connectivity index (χ2v) is 4.45. The first-order chi connectivity index (χ1) is 10.2. The van der Waals surface area contributed by atoms with E-state index in [1.54, 1.807) is 24.3 Å². The highest BCUT2D eigenvalue weighted by molar-refractivity contribution is 5.75. The Morgan fingerprint density at radius 2 is 1.67 bits per heavy atom. The summed E-state index contributed by atoms with van der Waals surface area (Å²) < 4.78 is 5.67. The minimum atomic E-state index is -0.379. The van der Waals surface area contributed by atoms with Gasteiger partial charge in [0.15, 0.2) is 0 Å². The van der Waals surface area contributed by atoms with Crippen LogP contribution in [0.15, 0.2) is 48.5 Å². The number of amides is 1. The summed E-state index contributed by atoms with van der Waals surface area (Å²) in [5, 5.41) is 11.7. The number of carbonyl (C=O) groups is 1. The number of rotatable bonds is 6. The minimum absolute atomic E-state index is 0.156. The summed E-state index contributed by atoms with van der Waals surface area (Å²) >= 11 is 0. The normalized spacial score (nSPS) is 9.86. The molecule has 0 heterocycles. The lowest BCUT2D eigenvalue weighted by atomic mass is 10.2. The molecule has 2 aromatic rings. The molecule has 0 atom stereocenters. The van der Waals surface area contributed by atoms with Crippen LogP contribution in [0.3, 0.4) is 0 Å². The molecule has 5 heteroatoms. The van der Waals surface area contributed by atoms with Crippen molar-refractivity contribution in [3.63, 3.8) is 0 Å². The van der Waals surface area contributed by atoms with E-state index in [0.29, 0.717) is 23.6 Å². The molecule has 5 nitrogen and oxygen atoms in total. The Balaban J connectivity index is 1.92. The fraction of sp³-hybridized carbons (Fsp3) is 0.125. The van der Waals surface area contributed by atoms with Crippen molar-refractivity contribution in [1.29, 1.82) is 5.26 Å². The lowest BCUT2D eigenvalue weighted by Gasteiger charge is -2.07. The van der Waals surface area contributed by atoms with Crippen LogP contribution in [0, 0.1) is 11.3 Å². The first kappa shape index (κ1) is 14.6. The quantitative estimate of drug-likeness (QED) is 0.846. The molecule has 2 rings (SSSR count). The second-order valence-electron chi connectivity index (χ2n) is 4.45. The van der Waals surface area contributed by atoms with Crippen molar-refractivity contribution in [3.05, 3.63) is 59.7 Å². The van der Waals surface area contributed by atoms with E-state index in [9.17, 15) is 4.79 Å². The largest absolute Gasteiger partial charge is 0.457 e. The Hall–Kier alpha value is -2.84. The van der Waals surface area contributed by atoms with E-state index in [2.05, 4.69) is 11.4 Å². The van der Waals surface area contributed by atoms with Gasteiger partial charge in [-0.2, -0.15) is 5.26 Å². The standard InChI is InChI=1S/C16H15N3O2/c17-9-12-1-5-14(6-2-12)21-15-7-3-13(4-8-15)10-19-11-16(18)20/h1-8,19H,10-11H2,(H2,18,20).